The highest BCUT2D eigenvalue weighted by Gasteiger charge is 2.28. The molecule has 6 nitrogen and oxygen atoms in total. The number of fused-ring (bicyclic) bond motifs is 1. The van der Waals surface area contributed by atoms with Crippen LogP contribution in [-0.4, -0.2) is 29.8 Å². The number of benzene rings is 1. The maximum atomic E-state index is 14.4. The average molecular weight is 458 g/mol. The number of hydrogen-bond acceptors (Lipinski definition) is 4. The number of aromatic nitrogens is 2. The van der Waals surface area contributed by atoms with Crippen molar-refractivity contribution < 1.29 is 17.6 Å². The summed E-state index contributed by atoms with van der Waals surface area (Å²) in [7, 11) is -3.73. The van der Waals surface area contributed by atoms with Crippen LogP contribution in [0.25, 0.3) is 22.3 Å². The Morgan fingerprint density at radius 3 is 2.44 bits per heavy atom. The zero-order chi connectivity index (χ0) is 23.3. The molecule has 3 aromatic rings. The third-order valence-corrected chi connectivity index (χ3v) is 7.60. The van der Waals surface area contributed by atoms with Gasteiger partial charge in [-0.15, -0.1) is 0 Å². The van der Waals surface area contributed by atoms with Gasteiger partial charge in [0.15, 0.2) is 6.29 Å². The number of carbonyl (C=O) groups is 1. The highest BCUT2D eigenvalue weighted by Crippen LogP contribution is 2.41. The molecule has 0 saturated heterocycles. The van der Waals surface area contributed by atoms with E-state index < -0.39 is 15.6 Å². The van der Waals surface area contributed by atoms with Gasteiger partial charge in [-0.3, -0.25) is 9.78 Å². The standard InChI is InChI=1S/C24H28FN3O3S/c1-15-11-22-18(12-20(15)25)19(14-29)23(28(22)16-7-5-6-8-16)21-10-9-17(13-26-21)32(30,31)27-24(2,3)4/h9-14,16,27H,5-8H2,1-4H3. The second kappa shape index (κ2) is 8.08. The first-order chi connectivity index (χ1) is 15.0. The Kier molecular flexibility index (Phi) is 5.71. The first-order valence-corrected chi connectivity index (χ1v) is 12.3. The van der Waals surface area contributed by atoms with Gasteiger partial charge in [0, 0.05) is 28.7 Å². The van der Waals surface area contributed by atoms with Gasteiger partial charge in [-0.1, -0.05) is 12.8 Å². The van der Waals surface area contributed by atoms with Crippen LogP contribution in [0.3, 0.4) is 0 Å². The Morgan fingerprint density at radius 1 is 1.19 bits per heavy atom. The van der Waals surface area contributed by atoms with Crippen molar-refractivity contribution >= 4 is 27.2 Å². The molecule has 1 aliphatic carbocycles. The molecule has 1 saturated carbocycles. The molecule has 0 radical (unpaired) electrons. The number of rotatable bonds is 5. The molecule has 0 unspecified atom stereocenters. The molecule has 0 spiro atoms. The largest absolute Gasteiger partial charge is 0.335 e. The number of pyridine rings is 1. The molecule has 1 N–H and O–H groups in total. The minimum atomic E-state index is -3.73. The number of aldehydes is 1. The second-order valence-corrected chi connectivity index (χ2v) is 11.2. The lowest BCUT2D eigenvalue weighted by molar-refractivity contribution is 0.112. The van der Waals surface area contributed by atoms with Crippen molar-refractivity contribution in [2.45, 2.75) is 69.9 Å². The Labute approximate surface area is 187 Å². The molecule has 0 atom stereocenters. The van der Waals surface area contributed by atoms with Crippen LogP contribution in [0.4, 0.5) is 4.39 Å². The molecular formula is C24H28FN3O3S. The minimum absolute atomic E-state index is 0.0502. The van der Waals surface area contributed by atoms with E-state index in [9.17, 15) is 17.6 Å². The average Bonchev–Trinajstić information content (AvgIpc) is 3.32. The van der Waals surface area contributed by atoms with Crippen LogP contribution in [0.2, 0.25) is 0 Å². The maximum Gasteiger partial charge on any atom is 0.242 e. The Bertz CT molecular complexity index is 1280. The number of sulfonamides is 1. The quantitative estimate of drug-likeness (QED) is 0.537. The number of nitrogens with zero attached hydrogens (tertiary/aromatic N) is 2. The van der Waals surface area contributed by atoms with Gasteiger partial charge in [0.25, 0.3) is 0 Å². The number of carbonyl (C=O) groups excluding carboxylic acids is 1. The summed E-state index contributed by atoms with van der Waals surface area (Å²) in [5.41, 5.74) is 2.17. The molecule has 0 aliphatic heterocycles. The van der Waals surface area contributed by atoms with Gasteiger partial charge >= 0.3 is 0 Å². The van der Waals surface area contributed by atoms with Crippen molar-refractivity contribution in [2.24, 2.45) is 0 Å². The predicted octanol–water partition coefficient (Wildman–Crippen LogP) is 5.16. The maximum absolute atomic E-state index is 14.4. The minimum Gasteiger partial charge on any atom is -0.335 e. The van der Waals surface area contributed by atoms with E-state index in [2.05, 4.69) is 14.3 Å². The second-order valence-electron chi connectivity index (χ2n) is 9.54. The van der Waals surface area contributed by atoms with Crippen LogP contribution < -0.4 is 4.72 Å². The zero-order valence-corrected chi connectivity index (χ0v) is 19.6. The van der Waals surface area contributed by atoms with E-state index in [1.165, 1.54) is 18.3 Å². The monoisotopic (exact) mass is 457 g/mol. The molecule has 0 amide bonds. The summed E-state index contributed by atoms with van der Waals surface area (Å²) in [6, 6.07) is 6.49. The SMILES string of the molecule is Cc1cc2c(cc1F)c(C=O)c(-c1ccc(S(=O)(=O)NC(C)(C)C)cn1)n2C1CCCC1. The van der Waals surface area contributed by atoms with Gasteiger partial charge in [0.1, 0.15) is 10.7 Å². The molecule has 2 heterocycles. The smallest absolute Gasteiger partial charge is 0.242 e. The number of nitrogens with one attached hydrogen (secondary N) is 1. The van der Waals surface area contributed by atoms with Crippen molar-refractivity contribution in [1.82, 2.24) is 14.3 Å². The first-order valence-electron chi connectivity index (χ1n) is 10.8. The third kappa shape index (κ3) is 4.09. The molecule has 4 rings (SSSR count). The van der Waals surface area contributed by atoms with Gasteiger partial charge in [-0.25, -0.2) is 17.5 Å². The van der Waals surface area contributed by atoms with E-state index in [0.29, 0.717) is 27.9 Å². The van der Waals surface area contributed by atoms with Crippen molar-refractivity contribution in [2.75, 3.05) is 0 Å². The molecule has 1 aliphatic rings. The van der Waals surface area contributed by atoms with Gasteiger partial charge in [-0.05, 0) is 70.4 Å². The van der Waals surface area contributed by atoms with E-state index >= 15 is 0 Å². The lowest BCUT2D eigenvalue weighted by atomic mass is 10.1. The lowest BCUT2D eigenvalue weighted by Gasteiger charge is -2.20. The van der Waals surface area contributed by atoms with Gasteiger partial charge in [0.2, 0.25) is 10.0 Å². The summed E-state index contributed by atoms with van der Waals surface area (Å²) in [5.74, 6) is -0.363. The normalized spacial score (nSPS) is 15.5. The molecule has 8 heteroatoms. The van der Waals surface area contributed by atoms with Crippen molar-refractivity contribution in [3.63, 3.8) is 0 Å². The number of hydrogen-bond donors (Lipinski definition) is 1. The molecule has 1 fully saturated rings. The van der Waals surface area contributed by atoms with Crippen LogP contribution in [0.5, 0.6) is 0 Å². The Hall–Kier alpha value is -2.58. The highest BCUT2D eigenvalue weighted by molar-refractivity contribution is 7.89. The fraction of sp³-hybridized carbons (Fsp3) is 0.417. The van der Waals surface area contributed by atoms with Crippen molar-refractivity contribution in [3.05, 3.63) is 47.4 Å². The summed E-state index contributed by atoms with van der Waals surface area (Å²) < 4.78 is 44.4. The topological polar surface area (TPSA) is 81.1 Å². The summed E-state index contributed by atoms with van der Waals surface area (Å²) in [6.45, 7) is 7.01. The first kappa shape index (κ1) is 22.6. The van der Waals surface area contributed by atoms with Crippen LogP contribution in [0.15, 0.2) is 35.4 Å². The summed E-state index contributed by atoms with van der Waals surface area (Å²) in [6.07, 6.45) is 6.15. The van der Waals surface area contributed by atoms with Crippen LogP contribution in [-0.2, 0) is 10.0 Å². The Morgan fingerprint density at radius 2 is 1.88 bits per heavy atom. The third-order valence-electron chi connectivity index (χ3n) is 5.86. The van der Waals surface area contributed by atoms with Gasteiger partial charge in [-0.2, -0.15) is 0 Å². The van der Waals surface area contributed by atoms with E-state index in [1.54, 1.807) is 39.8 Å². The van der Waals surface area contributed by atoms with Crippen molar-refractivity contribution in [1.29, 1.82) is 0 Å². The van der Waals surface area contributed by atoms with Crippen LogP contribution >= 0.6 is 0 Å². The van der Waals surface area contributed by atoms with Crippen LogP contribution in [0, 0.1) is 12.7 Å². The number of aryl methyl sites for hydroxylation is 1. The van der Waals surface area contributed by atoms with Crippen molar-refractivity contribution in [3.8, 4) is 11.4 Å². The fourth-order valence-electron chi connectivity index (χ4n) is 4.52. The Balaban J connectivity index is 1.90. The molecule has 2 aromatic heterocycles. The molecule has 1 aromatic carbocycles. The summed E-state index contributed by atoms with van der Waals surface area (Å²) >= 11 is 0. The summed E-state index contributed by atoms with van der Waals surface area (Å²) in [5, 5.41) is 0.554. The van der Waals surface area contributed by atoms with E-state index in [1.807, 2.05) is 0 Å². The number of halogens is 1. The van der Waals surface area contributed by atoms with E-state index in [4.69, 9.17) is 0 Å². The predicted molar refractivity (Wildman–Crippen MR) is 123 cm³/mol. The van der Waals surface area contributed by atoms with Crippen LogP contribution in [0.1, 0.15) is 68.4 Å². The molecule has 32 heavy (non-hydrogen) atoms. The lowest BCUT2D eigenvalue weighted by Crippen LogP contribution is -2.40. The fourth-order valence-corrected chi connectivity index (χ4v) is 5.89. The van der Waals surface area contributed by atoms with Gasteiger partial charge < -0.3 is 4.57 Å². The molecule has 0 bridgehead atoms. The van der Waals surface area contributed by atoms with E-state index in [0.717, 1.165) is 37.5 Å². The van der Waals surface area contributed by atoms with E-state index in [-0.39, 0.29) is 16.8 Å². The zero-order valence-electron chi connectivity index (χ0n) is 18.8. The van der Waals surface area contributed by atoms with Gasteiger partial charge in [0.05, 0.1) is 16.9 Å². The highest BCUT2D eigenvalue weighted by atomic mass is 32.2. The molecule has 170 valence electrons. The summed E-state index contributed by atoms with van der Waals surface area (Å²) in [4.78, 5) is 16.6. The molecular weight excluding hydrogens is 429 g/mol.